The Kier molecular flexibility index (Phi) is 5.66. The lowest BCUT2D eigenvalue weighted by Crippen LogP contribution is -2.39. The molecule has 9 nitrogen and oxygen atoms in total. The molecule has 0 spiro atoms. The Morgan fingerprint density at radius 3 is 2.36 bits per heavy atom. The van der Waals surface area contributed by atoms with Gasteiger partial charge in [0.05, 0.1) is 16.4 Å². The number of amides is 2. The smallest absolute Gasteiger partial charge is 0.276 e. The second-order valence-corrected chi connectivity index (χ2v) is 11.3. The summed E-state index contributed by atoms with van der Waals surface area (Å²) in [4.78, 5) is 35.2. The zero-order valence-corrected chi connectivity index (χ0v) is 22.6. The Morgan fingerprint density at radius 1 is 0.923 bits per heavy atom. The first kappa shape index (κ1) is 23.9. The molecule has 10 heteroatoms. The van der Waals surface area contributed by atoms with Crippen LogP contribution in [0.15, 0.2) is 47.8 Å². The van der Waals surface area contributed by atoms with Gasteiger partial charge in [-0.3, -0.25) is 9.59 Å². The lowest BCUT2D eigenvalue weighted by atomic mass is 9.95. The van der Waals surface area contributed by atoms with E-state index in [-0.39, 0.29) is 17.7 Å². The molecule has 0 bridgehead atoms. The minimum Gasteiger partial charge on any atom is -0.337 e. The van der Waals surface area contributed by atoms with Gasteiger partial charge in [-0.1, -0.05) is 36.4 Å². The highest BCUT2D eigenvalue weighted by atomic mass is 32.1. The normalized spacial score (nSPS) is 15.8. The monoisotopic (exact) mass is 537 g/mol. The van der Waals surface area contributed by atoms with Crippen molar-refractivity contribution < 1.29 is 9.59 Å². The number of fused-ring (bicyclic) bond motifs is 1. The van der Waals surface area contributed by atoms with Gasteiger partial charge >= 0.3 is 0 Å². The summed E-state index contributed by atoms with van der Waals surface area (Å²) in [5.74, 6) is 0.0682. The Balaban J connectivity index is 1.03. The highest BCUT2D eigenvalue weighted by Gasteiger charge is 2.30. The summed E-state index contributed by atoms with van der Waals surface area (Å²) in [5, 5.41) is 18.2. The van der Waals surface area contributed by atoms with Crippen molar-refractivity contribution in [1.29, 1.82) is 0 Å². The summed E-state index contributed by atoms with van der Waals surface area (Å²) >= 11 is 1.54. The van der Waals surface area contributed by atoms with Crippen molar-refractivity contribution in [2.24, 2.45) is 0 Å². The number of piperidine rings is 1. The number of aryl methyl sites for hydroxylation is 2. The van der Waals surface area contributed by atoms with E-state index >= 15 is 0 Å². The molecule has 0 saturated carbocycles. The lowest BCUT2D eigenvalue weighted by Gasteiger charge is -2.31. The van der Waals surface area contributed by atoms with Crippen LogP contribution in [0.4, 0.5) is 0 Å². The van der Waals surface area contributed by atoms with Crippen LogP contribution in [0.5, 0.6) is 0 Å². The molecular weight excluding hydrogens is 510 g/mol. The predicted octanol–water partition coefficient (Wildman–Crippen LogP) is 4.53. The first-order chi connectivity index (χ1) is 19.0. The average Bonchev–Trinajstić information content (AvgIpc) is 3.60. The largest absolute Gasteiger partial charge is 0.337 e. The molecule has 1 fully saturated rings. The second kappa shape index (κ2) is 9.23. The van der Waals surface area contributed by atoms with Crippen LogP contribution in [0.3, 0.4) is 0 Å². The van der Waals surface area contributed by atoms with Crippen molar-refractivity contribution in [2.75, 3.05) is 13.1 Å². The third kappa shape index (κ3) is 4.06. The Hall–Kier alpha value is -4.18. The van der Waals surface area contributed by atoms with Crippen molar-refractivity contribution in [3.8, 4) is 0 Å². The highest BCUT2D eigenvalue weighted by Crippen LogP contribution is 2.33. The van der Waals surface area contributed by atoms with Crippen LogP contribution in [0.1, 0.15) is 67.3 Å². The van der Waals surface area contributed by atoms with Gasteiger partial charge in [-0.15, -0.1) is 21.5 Å². The van der Waals surface area contributed by atoms with Gasteiger partial charge in [-0.25, -0.2) is 9.50 Å². The fourth-order valence-corrected chi connectivity index (χ4v) is 6.83. The van der Waals surface area contributed by atoms with Gasteiger partial charge in [0, 0.05) is 43.5 Å². The molecule has 2 amide bonds. The number of aromatic nitrogens is 5. The van der Waals surface area contributed by atoms with E-state index in [2.05, 4.69) is 51.7 Å². The summed E-state index contributed by atoms with van der Waals surface area (Å²) in [6.07, 6.45) is 1.59. The molecule has 0 N–H and O–H groups in total. The summed E-state index contributed by atoms with van der Waals surface area (Å²) in [6, 6.07) is 14.4. The summed E-state index contributed by atoms with van der Waals surface area (Å²) < 4.78 is 1.68. The molecule has 0 unspecified atom stereocenters. The molecule has 2 aliphatic heterocycles. The highest BCUT2D eigenvalue weighted by molar-refractivity contribution is 7.09. The maximum absolute atomic E-state index is 13.4. The minimum absolute atomic E-state index is 0.0325. The number of hydrogen-bond donors (Lipinski definition) is 0. The van der Waals surface area contributed by atoms with Crippen LogP contribution >= 0.6 is 11.3 Å². The number of likely N-dealkylation sites (tertiary alicyclic amines) is 1. The van der Waals surface area contributed by atoms with E-state index in [0.29, 0.717) is 48.9 Å². The zero-order chi connectivity index (χ0) is 26.7. The predicted molar refractivity (Wildman–Crippen MR) is 148 cm³/mol. The van der Waals surface area contributed by atoms with Gasteiger partial charge in [0.1, 0.15) is 5.69 Å². The topological polar surface area (TPSA) is 96.6 Å². The Bertz CT molecular complexity index is 1730. The van der Waals surface area contributed by atoms with Gasteiger partial charge in [0.2, 0.25) is 0 Å². The average molecular weight is 538 g/mol. The van der Waals surface area contributed by atoms with Crippen LogP contribution < -0.4 is 0 Å². The van der Waals surface area contributed by atoms with Gasteiger partial charge in [0.25, 0.3) is 11.8 Å². The number of rotatable bonds is 3. The number of hydrogen-bond acceptors (Lipinski definition) is 7. The zero-order valence-electron chi connectivity index (χ0n) is 21.8. The first-order valence-electron chi connectivity index (χ1n) is 13.2. The Morgan fingerprint density at radius 2 is 1.64 bits per heavy atom. The third-order valence-corrected chi connectivity index (χ3v) is 8.89. The fraction of sp³-hybridized carbons (Fsp3) is 0.310. The van der Waals surface area contributed by atoms with Gasteiger partial charge in [0.15, 0.2) is 11.3 Å². The van der Waals surface area contributed by atoms with Crippen LogP contribution in [0, 0.1) is 13.8 Å². The molecule has 2 aliphatic rings. The first-order valence-corrected chi connectivity index (χ1v) is 14.1. The van der Waals surface area contributed by atoms with E-state index in [1.165, 1.54) is 21.9 Å². The van der Waals surface area contributed by atoms with Gasteiger partial charge in [-0.05, 0) is 48.6 Å². The summed E-state index contributed by atoms with van der Waals surface area (Å²) in [5.41, 5.74) is 5.37. The quantitative estimate of drug-likeness (QED) is 0.336. The van der Waals surface area contributed by atoms with Crippen molar-refractivity contribution in [3.63, 3.8) is 0 Å². The van der Waals surface area contributed by atoms with E-state index in [0.717, 1.165) is 23.5 Å². The number of benzene rings is 2. The summed E-state index contributed by atoms with van der Waals surface area (Å²) in [7, 11) is 0. The van der Waals surface area contributed by atoms with E-state index in [4.69, 9.17) is 4.98 Å². The Labute approximate surface area is 229 Å². The molecule has 0 radical (unpaired) electrons. The lowest BCUT2D eigenvalue weighted by molar-refractivity contribution is 0.0703. The number of carbonyl (C=O) groups excluding carboxylic acids is 2. The molecule has 0 atom stereocenters. The van der Waals surface area contributed by atoms with Crippen molar-refractivity contribution in [2.45, 2.75) is 45.7 Å². The fourth-order valence-electron chi connectivity index (χ4n) is 5.87. The summed E-state index contributed by atoms with van der Waals surface area (Å²) in [6.45, 7) is 6.14. The number of carbonyl (C=O) groups is 2. The number of nitrogens with zero attached hydrogens (tertiary/aromatic N) is 7. The third-order valence-electron chi connectivity index (χ3n) is 7.89. The molecule has 7 rings (SSSR count). The van der Waals surface area contributed by atoms with Crippen molar-refractivity contribution >= 4 is 39.6 Å². The maximum atomic E-state index is 13.4. The maximum Gasteiger partial charge on any atom is 0.276 e. The van der Waals surface area contributed by atoms with Crippen molar-refractivity contribution in [3.05, 3.63) is 86.8 Å². The van der Waals surface area contributed by atoms with Gasteiger partial charge in [-0.2, -0.15) is 5.10 Å². The molecule has 2 aromatic carbocycles. The van der Waals surface area contributed by atoms with Crippen LogP contribution in [-0.2, 0) is 13.1 Å². The molecule has 39 heavy (non-hydrogen) atoms. The standard InChI is InChI=1S/C29H27N7O2S/c1-17-13-24-31-32-26(18(2)36(24)33-17)29(38)34-11-9-20(10-12-34)27-30-23(16-39-27)28(37)35-14-21-7-3-5-19-6-4-8-22(15-35)25(19)21/h3-8,13,16,20H,9-12,14-15H2,1-2H3. The molecule has 5 aromatic rings. The molecule has 3 aromatic heterocycles. The minimum atomic E-state index is -0.121. The van der Waals surface area contributed by atoms with Crippen LogP contribution in [0.2, 0.25) is 0 Å². The van der Waals surface area contributed by atoms with Crippen LogP contribution in [-0.4, -0.2) is 59.5 Å². The van der Waals surface area contributed by atoms with E-state index < -0.39 is 0 Å². The van der Waals surface area contributed by atoms with E-state index in [1.807, 2.05) is 35.1 Å². The SMILES string of the molecule is Cc1cc2nnc(C(=O)N3CCC(c4nc(C(=O)N5Cc6cccc7cccc(c67)C5)cs4)CC3)c(C)n2n1. The number of thiazole rings is 1. The molecule has 196 valence electrons. The molecule has 1 saturated heterocycles. The van der Waals surface area contributed by atoms with Gasteiger partial charge < -0.3 is 9.80 Å². The van der Waals surface area contributed by atoms with E-state index in [1.54, 1.807) is 15.9 Å². The molecule has 0 aliphatic carbocycles. The van der Waals surface area contributed by atoms with E-state index in [9.17, 15) is 9.59 Å². The molecular formula is C29H27N7O2S. The van der Waals surface area contributed by atoms with Crippen molar-refractivity contribution in [1.82, 2.24) is 34.6 Å². The molecule has 5 heterocycles. The second-order valence-electron chi connectivity index (χ2n) is 10.4. The van der Waals surface area contributed by atoms with Crippen LogP contribution in [0.25, 0.3) is 16.4 Å².